The predicted molar refractivity (Wildman–Crippen MR) is 95.6 cm³/mol. The summed E-state index contributed by atoms with van der Waals surface area (Å²) in [7, 11) is 0. The minimum absolute atomic E-state index is 0.118. The number of benzene rings is 1. The summed E-state index contributed by atoms with van der Waals surface area (Å²) in [6, 6.07) is 8.00. The van der Waals surface area contributed by atoms with Crippen molar-refractivity contribution in [1.82, 2.24) is 4.98 Å². The fourth-order valence-electron chi connectivity index (χ4n) is 3.17. The van der Waals surface area contributed by atoms with Crippen LogP contribution in [0.4, 0.5) is 5.88 Å². The van der Waals surface area contributed by atoms with Crippen molar-refractivity contribution >= 4 is 11.8 Å². The van der Waals surface area contributed by atoms with Gasteiger partial charge in [0.05, 0.1) is 0 Å². The molecule has 1 aromatic carbocycles. The van der Waals surface area contributed by atoms with Crippen molar-refractivity contribution in [2.75, 3.05) is 18.0 Å². The van der Waals surface area contributed by atoms with E-state index in [1.165, 1.54) is 5.56 Å². The Morgan fingerprint density at radius 2 is 2.15 bits per heavy atom. The van der Waals surface area contributed by atoms with Gasteiger partial charge in [-0.15, -0.1) is 0 Å². The number of aryl methyl sites for hydroxylation is 2. The van der Waals surface area contributed by atoms with Crippen molar-refractivity contribution in [2.45, 2.75) is 33.3 Å². The summed E-state index contributed by atoms with van der Waals surface area (Å²) in [5.74, 6) is 1.16. The fourth-order valence-corrected chi connectivity index (χ4v) is 3.17. The highest BCUT2D eigenvalue weighted by Crippen LogP contribution is 2.28. The molecule has 2 N–H and O–H groups in total. The fraction of sp³-hybridized carbons (Fsp3) is 0.421. The molecule has 0 unspecified atom stereocenters. The first-order valence-electron chi connectivity index (χ1n) is 8.62. The number of oxazole rings is 1. The van der Waals surface area contributed by atoms with Gasteiger partial charge in [-0.2, -0.15) is 10.2 Å². The molecule has 1 aliphatic heterocycles. The summed E-state index contributed by atoms with van der Waals surface area (Å²) in [5, 5.41) is 9.35. The molecule has 3 rings (SSSR count). The first-order valence-corrected chi connectivity index (χ1v) is 8.62. The smallest absolute Gasteiger partial charge is 0.236 e. The second-order valence-electron chi connectivity index (χ2n) is 6.59. The molecule has 7 heteroatoms. The maximum absolute atomic E-state index is 11.3. The van der Waals surface area contributed by atoms with Gasteiger partial charge >= 0.3 is 0 Å². The van der Waals surface area contributed by atoms with Gasteiger partial charge < -0.3 is 19.8 Å². The average molecular weight is 354 g/mol. The molecule has 1 saturated heterocycles. The Labute approximate surface area is 152 Å². The Bertz CT molecular complexity index is 845. The highest BCUT2D eigenvalue weighted by molar-refractivity contribution is 5.77. The lowest BCUT2D eigenvalue weighted by molar-refractivity contribution is -0.122. The summed E-state index contributed by atoms with van der Waals surface area (Å²) in [5.41, 5.74) is 7.80. The van der Waals surface area contributed by atoms with E-state index in [9.17, 15) is 10.1 Å². The average Bonchev–Trinajstić information content (AvgIpc) is 3.04. The Kier molecular flexibility index (Phi) is 5.12. The second kappa shape index (κ2) is 7.48. The number of aromatic nitrogens is 1. The van der Waals surface area contributed by atoms with Crippen LogP contribution in [0.25, 0.3) is 0 Å². The number of amides is 1. The normalized spacial score (nSPS) is 14.9. The van der Waals surface area contributed by atoms with Crippen LogP contribution in [0.5, 0.6) is 5.75 Å². The van der Waals surface area contributed by atoms with Gasteiger partial charge in [0.1, 0.15) is 11.8 Å². The molecule has 1 fully saturated rings. The number of primary amides is 1. The Balaban J connectivity index is 1.69. The summed E-state index contributed by atoms with van der Waals surface area (Å²) in [6.07, 6.45) is 1.30. The maximum Gasteiger partial charge on any atom is 0.236 e. The number of carbonyl (C=O) groups is 1. The molecule has 26 heavy (non-hydrogen) atoms. The number of hydrogen-bond acceptors (Lipinski definition) is 6. The van der Waals surface area contributed by atoms with Crippen molar-refractivity contribution in [1.29, 1.82) is 5.26 Å². The van der Waals surface area contributed by atoms with E-state index in [0.29, 0.717) is 37.7 Å². The molecule has 0 aliphatic carbocycles. The third-order valence-corrected chi connectivity index (χ3v) is 4.63. The minimum Gasteiger partial charge on any atom is -0.484 e. The van der Waals surface area contributed by atoms with Crippen molar-refractivity contribution in [2.24, 2.45) is 11.7 Å². The van der Waals surface area contributed by atoms with E-state index in [4.69, 9.17) is 14.9 Å². The molecule has 0 saturated carbocycles. The maximum atomic E-state index is 11.3. The van der Waals surface area contributed by atoms with E-state index in [1.807, 2.05) is 36.9 Å². The number of rotatable bonds is 5. The molecule has 0 spiro atoms. The van der Waals surface area contributed by atoms with Crippen LogP contribution in [0.15, 0.2) is 22.6 Å². The van der Waals surface area contributed by atoms with Crippen LogP contribution in [0.2, 0.25) is 0 Å². The van der Waals surface area contributed by atoms with E-state index >= 15 is 0 Å². The number of nitrogens with zero attached hydrogens (tertiary/aromatic N) is 3. The monoisotopic (exact) mass is 354 g/mol. The first kappa shape index (κ1) is 17.8. The van der Waals surface area contributed by atoms with E-state index in [-0.39, 0.29) is 24.1 Å². The number of carbonyl (C=O) groups excluding carboxylic acids is 1. The van der Waals surface area contributed by atoms with Gasteiger partial charge in [-0.25, -0.2) is 0 Å². The zero-order valence-corrected chi connectivity index (χ0v) is 15.0. The highest BCUT2D eigenvalue weighted by atomic mass is 16.5. The van der Waals surface area contributed by atoms with E-state index in [1.54, 1.807) is 0 Å². The lowest BCUT2D eigenvalue weighted by Gasteiger charge is -2.30. The van der Waals surface area contributed by atoms with Gasteiger partial charge in [0.15, 0.2) is 6.61 Å². The third kappa shape index (κ3) is 3.80. The molecule has 2 aromatic rings. The molecule has 1 aliphatic rings. The molecule has 1 aromatic heterocycles. The molecule has 0 radical (unpaired) electrons. The van der Waals surface area contributed by atoms with Gasteiger partial charge in [-0.05, 0) is 38.3 Å². The molecule has 2 heterocycles. The van der Waals surface area contributed by atoms with E-state index < -0.39 is 0 Å². The number of anilines is 1. The predicted octanol–water partition coefficient (Wildman–Crippen LogP) is 2.44. The quantitative estimate of drug-likeness (QED) is 0.884. The van der Waals surface area contributed by atoms with Gasteiger partial charge in [-0.3, -0.25) is 4.79 Å². The molecule has 0 bridgehead atoms. The van der Waals surface area contributed by atoms with Crippen LogP contribution in [-0.4, -0.2) is 24.0 Å². The Hall–Kier alpha value is -3.01. The molecule has 7 nitrogen and oxygen atoms in total. The van der Waals surface area contributed by atoms with Crippen molar-refractivity contribution < 1.29 is 13.9 Å². The van der Waals surface area contributed by atoms with Gasteiger partial charge in [0.2, 0.25) is 23.4 Å². The first-order chi connectivity index (χ1) is 12.5. The van der Waals surface area contributed by atoms with Crippen LogP contribution in [0.1, 0.15) is 35.6 Å². The van der Waals surface area contributed by atoms with Gasteiger partial charge in [0.25, 0.3) is 0 Å². The number of piperidine rings is 1. The van der Waals surface area contributed by atoms with E-state index in [2.05, 4.69) is 11.1 Å². The topological polar surface area (TPSA) is 105 Å². The number of nitrogens with two attached hydrogens (primary N) is 1. The van der Waals surface area contributed by atoms with Crippen molar-refractivity contribution in [3.63, 3.8) is 0 Å². The summed E-state index contributed by atoms with van der Waals surface area (Å²) >= 11 is 0. The molecular weight excluding hydrogens is 332 g/mol. The zero-order valence-electron chi connectivity index (χ0n) is 15.0. The second-order valence-corrected chi connectivity index (χ2v) is 6.59. The third-order valence-electron chi connectivity index (χ3n) is 4.63. The van der Waals surface area contributed by atoms with Crippen LogP contribution >= 0.6 is 0 Å². The lowest BCUT2D eigenvalue weighted by Crippen LogP contribution is -2.38. The minimum atomic E-state index is -0.273. The van der Waals surface area contributed by atoms with Gasteiger partial charge in [0, 0.05) is 19.0 Å². The van der Waals surface area contributed by atoms with Gasteiger partial charge in [-0.1, -0.05) is 17.7 Å². The van der Waals surface area contributed by atoms with Crippen molar-refractivity contribution in [3.05, 3.63) is 40.9 Å². The van der Waals surface area contributed by atoms with E-state index in [0.717, 1.165) is 11.3 Å². The Morgan fingerprint density at radius 1 is 1.42 bits per heavy atom. The number of hydrogen-bond donors (Lipinski definition) is 1. The Morgan fingerprint density at radius 3 is 2.77 bits per heavy atom. The van der Waals surface area contributed by atoms with Crippen molar-refractivity contribution in [3.8, 4) is 11.8 Å². The zero-order chi connectivity index (χ0) is 18.7. The SMILES string of the molecule is Cc1ccc(OCc2nc(C#N)c(N3CCC(C(N)=O)CC3)o2)c(C)c1. The molecule has 0 atom stereocenters. The van der Waals surface area contributed by atoms with Crippen LogP contribution in [-0.2, 0) is 11.4 Å². The number of ether oxygens (including phenoxy) is 1. The van der Waals surface area contributed by atoms with Crippen LogP contribution in [0, 0.1) is 31.1 Å². The molecule has 136 valence electrons. The van der Waals surface area contributed by atoms with Crippen LogP contribution < -0.4 is 15.4 Å². The summed E-state index contributed by atoms with van der Waals surface area (Å²) in [4.78, 5) is 17.5. The number of nitriles is 1. The van der Waals surface area contributed by atoms with Crippen LogP contribution in [0.3, 0.4) is 0 Å². The molecular formula is C19H22N4O3. The highest BCUT2D eigenvalue weighted by Gasteiger charge is 2.27. The standard InChI is InChI=1S/C19H22N4O3/c1-12-3-4-16(13(2)9-12)25-11-17-22-15(10-20)19(26-17)23-7-5-14(6-8-23)18(21)24/h3-4,9,14H,5-8,11H2,1-2H3,(H2,21,24). The molecule has 1 amide bonds. The summed E-state index contributed by atoms with van der Waals surface area (Å²) in [6.45, 7) is 5.37. The summed E-state index contributed by atoms with van der Waals surface area (Å²) < 4.78 is 11.6. The lowest BCUT2D eigenvalue weighted by atomic mass is 9.96. The largest absolute Gasteiger partial charge is 0.484 e.